The summed E-state index contributed by atoms with van der Waals surface area (Å²) in [5, 5.41) is 4.55. The number of ether oxygens (including phenoxy) is 1. The highest BCUT2D eigenvalue weighted by molar-refractivity contribution is 6.07. The van der Waals surface area contributed by atoms with Gasteiger partial charge in [0.15, 0.2) is 0 Å². The van der Waals surface area contributed by atoms with Crippen molar-refractivity contribution in [2.24, 2.45) is 11.8 Å². The molecule has 160 valence electrons. The topological polar surface area (TPSA) is 122 Å². The number of likely N-dealkylation sites (tertiary alicyclic amines) is 1. The highest BCUT2D eigenvalue weighted by Gasteiger charge is 2.48. The van der Waals surface area contributed by atoms with Crippen molar-refractivity contribution in [3.05, 3.63) is 35.9 Å². The molecule has 2 aliphatic rings. The summed E-state index contributed by atoms with van der Waals surface area (Å²) in [7, 11) is 0. The smallest absolute Gasteiger partial charge is 0.327 e. The number of nitrogens with one attached hydrogen (secondary N) is 2. The van der Waals surface area contributed by atoms with Gasteiger partial charge in [0.1, 0.15) is 6.54 Å². The lowest BCUT2D eigenvalue weighted by Crippen LogP contribution is -2.43. The summed E-state index contributed by atoms with van der Waals surface area (Å²) in [6.07, 6.45) is 1.66. The van der Waals surface area contributed by atoms with Gasteiger partial charge in [0.25, 0.3) is 5.91 Å². The van der Waals surface area contributed by atoms with Gasteiger partial charge in [-0.3, -0.25) is 29.4 Å². The van der Waals surface area contributed by atoms with Gasteiger partial charge in [0.05, 0.1) is 11.8 Å². The Morgan fingerprint density at radius 2 is 1.67 bits per heavy atom. The number of rotatable bonds is 6. The van der Waals surface area contributed by atoms with Crippen LogP contribution in [0, 0.1) is 11.8 Å². The van der Waals surface area contributed by atoms with Crippen molar-refractivity contribution in [3.63, 3.8) is 0 Å². The van der Waals surface area contributed by atoms with Crippen LogP contribution in [-0.4, -0.2) is 47.7 Å². The Kier molecular flexibility index (Phi) is 6.81. The van der Waals surface area contributed by atoms with Gasteiger partial charge in [0, 0.05) is 12.1 Å². The van der Waals surface area contributed by atoms with E-state index >= 15 is 0 Å². The average Bonchev–Trinajstić information content (AvgIpc) is 2.98. The van der Waals surface area contributed by atoms with Crippen LogP contribution in [0.1, 0.15) is 44.3 Å². The Balaban J connectivity index is 1.70. The maximum atomic E-state index is 12.6. The molecule has 1 aromatic rings. The maximum absolute atomic E-state index is 12.6. The van der Waals surface area contributed by atoms with Gasteiger partial charge in [-0.15, -0.1) is 0 Å². The third-order valence-electron chi connectivity index (χ3n) is 5.38. The second-order valence-electron chi connectivity index (χ2n) is 7.39. The number of carbonyl (C=O) groups is 5. The number of imide groups is 2. The number of urea groups is 1. The van der Waals surface area contributed by atoms with Crippen molar-refractivity contribution in [3.8, 4) is 0 Å². The van der Waals surface area contributed by atoms with Crippen LogP contribution >= 0.6 is 0 Å². The van der Waals surface area contributed by atoms with Gasteiger partial charge in [0.2, 0.25) is 17.9 Å². The fourth-order valence-corrected chi connectivity index (χ4v) is 3.97. The second-order valence-corrected chi connectivity index (χ2v) is 7.39. The van der Waals surface area contributed by atoms with E-state index in [1.165, 1.54) is 0 Å². The molecule has 0 aromatic heterocycles. The van der Waals surface area contributed by atoms with Crippen LogP contribution in [0.15, 0.2) is 30.3 Å². The van der Waals surface area contributed by atoms with Crippen LogP contribution in [0.2, 0.25) is 0 Å². The van der Waals surface area contributed by atoms with Crippen LogP contribution in [0.25, 0.3) is 0 Å². The monoisotopic (exact) mass is 415 g/mol. The molecule has 1 aliphatic carbocycles. The van der Waals surface area contributed by atoms with Crippen LogP contribution in [0.5, 0.6) is 0 Å². The lowest BCUT2D eigenvalue weighted by Gasteiger charge is -2.20. The van der Waals surface area contributed by atoms with E-state index in [9.17, 15) is 24.0 Å². The molecule has 0 unspecified atom stereocenters. The first-order valence-electron chi connectivity index (χ1n) is 10.1. The minimum Gasteiger partial charge on any atom is -0.446 e. The molecule has 2 fully saturated rings. The number of fused-ring (bicyclic) bond motifs is 1. The number of hydrogen-bond acceptors (Lipinski definition) is 6. The molecule has 1 saturated heterocycles. The maximum Gasteiger partial charge on any atom is 0.327 e. The zero-order chi connectivity index (χ0) is 21.7. The Morgan fingerprint density at radius 1 is 1.07 bits per heavy atom. The van der Waals surface area contributed by atoms with Gasteiger partial charge in [-0.2, -0.15) is 0 Å². The van der Waals surface area contributed by atoms with Gasteiger partial charge >= 0.3 is 12.0 Å². The summed E-state index contributed by atoms with van der Waals surface area (Å²) in [6.45, 7) is 1.46. The summed E-state index contributed by atoms with van der Waals surface area (Å²) < 4.78 is 5.31. The first-order chi connectivity index (χ1) is 14.4. The largest absolute Gasteiger partial charge is 0.446 e. The van der Waals surface area contributed by atoms with Crippen LogP contribution in [0.3, 0.4) is 0 Å². The number of amides is 5. The molecule has 1 aromatic carbocycles. The first kappa shape index (κ1) is 21.5. The minimum absolute atomic E-state index is 0.316. The van der Waals surface area contributed by atoms with E-state index in [4.69, 9.17) is 4.74 Å². The number of benzene rings is 1. The Hall–Kier alpha value is -3.23. The third-order valence-corrected chi connectivity index (χ3v) is 5.38. The quantitative estimate of drug-likeness (QED) is 0.533. The molecule has 9 nitrogen and oxygen atoms in total. The Bertz CT molecular complexity index is 816. The SMILES string of the molecule is CCNC(=O)NC(=O)[C@@H](OC(=O)CN1C(=O)[C@H]2CCCC[C@H]2C1=O)c1ccccc1. The minimum atomic E-state index is -1.39. The molecule has 0 bridgehead atoms. The summed E-state index contributed by atoms with van der Waals surface area (Å²) in [4.78, 5) is 62.8. The molecule has 2 N–H and O–H groups in total. The highest BCUT2D eigenvalue weighted by Crippen LogP contribution is 2.38. The van der Waals surface area contributed by atoms with Gasteiger partial charge in [-0.05, 0) is 19.8 Å². The summed E-state index contributed by atoms with van der Waals surface area (Å²) in [6, 6.07) is 7.49. The lowest BCUT2D eigenvalue weighted by atomic mass is 9.81. The van der Waals surface area contributed by atoms with Crippen LogP contribution in [0.4, 0.5) is 4.79 Å². The van der Waals surface area contributed by atoms with Gasteiger partial charge < -0.3 is 10.1 Å². The Labute approximate surface area is 174 Å². The van der Waals surface area contributed by atoms with E-state index in [-0.39, 0.29) is 23.7 Å². The molecule has 1 aliphatic heterocycles. The Morgan fingerprint density at radius 3 is 2.23 bits per heavy atom. The zero-order valence-electron chi connectivity index (χ0n) is 16.8. The molecule has 3 rings (SSSR count). The second kappa shape index (κ2) is 9.51. The normalized spacial score (nSPS) is 21.6. The van der Waals surface area contributed by atoms with Crippen molar-refractivity contribution in [2.45, 2.75) is 38.7 Å². The number of carbonyl (C=O) groups excluding carboxylic acids is 5. The summed E-state index contributed by atoms with van der Waals surface area (Å²) in [5.41, 5.74) is 0.361. The van der Waals surface area contributed by atoms with Crippen LogP contribution < -0.4 is 10.6 Å². The predicted octanol–water partition coefficient (Wildman–Crippen LogP) is 1.29. The van der Waals surface area contributed by atoms with E-state index in [1.54, 1.807) is 37.3 Å². The first-order valence-corrected chi connectivity index (χ1v) is 10.1. The molecule has 0 radical (unpaired) electrons. The standard InChI is InChI=1S/C21H25N3O6/c1-2-22-21(29)23-18(26)17(13-8-4-3-5-9-13)30-16(25)12-24-19(27)14-10-6-7-11-15(14)20(24)28/h3-5,8-9,14-15,17H,2,6-7,10-12H2,1H3,(H2,22,23,26,29)/t14-,15+,17-/m0/s1. The molecular formula is C21H25N3O6. The molecular weight excluding hydrogens is 390 g/mol. The average molecular weight is 415 g/mol. The number of hydrogen-bond donors (Lipinski definition) is 2. The predicted molar refractivity (Wildman–Crippen MR) is 105 cm³/mol. The lowest BCUT2D eigenvalue weighted by molar-refractivity contribution is -0.160. The molecule has 0 spiro atoms. The van der Waals surface area contributed by atoms with Crippen molar-refractivity contribution < 1.29 is 28.7 Å². The number of esters is 1. The van der Waals surface area contributed by atoms with E-state index in [0.717, 1.165) is 17.7 Å². The van der Waals surface area contributed by atoms with E-state index in [1.807, 2.05) is 0 Å². The fourth-order valence-electron chi connectivity index (χ4n) is 3.97. The van der Waals surface area contributed by atoms with Crippen molar-refractivity contribution in [1.29, 1.82) is 0 Å². The van der Waals surface area contributed by atoms with Gasteiger partial charge in [-0.1, -0.05) is 43.2 Å². The molecule has 1 saturated carbocycles. The molecule has 1 heterocycles. The summed E-state index contributed by atoms with van der Waals surface area (Å²) >= 11 is 0. The molecule has 5 amide bonds. The number of nitrogens with zero attached hydrogens (tertiary/aromatic N) is 1. The third kappa shape index (κ3) is 4.67. The highest BCUT2D eigenvalue weighted by atomic mass is 16.5. The van der Waals surface area contributed by atoms with Crippen molar-refractivity contribution >= 4 is 29.7 Å². The summed E-state index contributed by atoms with van der Waals surface area (Å²) in [5.74, 6) is -3.17. The molecule has 30 heavy (non-hydrogen) atoms. The fraction of sp³-hybridized carbons (Fsp3) is 0.476. The van der Waals surface area contributed by atoms with E-state index in [0.29, 0.717) is 24.9 Å². The van der Waals surface area contributed by atoms with Crippen molar-refractivity contribution in [2.75, 3.05) is 13.1 Å². The molecule has 9 heteroatoms. The van der Waals surface area contributed by atoms with Crippen molar-refractivity contribution in [1.82, 2.24) is 15.5 Å². The van der Waals surface area contributed by atoms with E-state index < -0.39 is 30.6 Å². The van der Waals surface area contributed by atoms with Crippen LogP contribution in [-0.2, 0) is 23.9 Å². The molecule has 3 atom stereocenters. The van der Waals surface area contributed by atoms with E-state index in [2.05, 4.69) is 10.6 Å². The zero-order valence-corrected chi connectivity index (χ0v) is 16.8. The van der Waals surface area contributed by atoms with Gasteiger partial charge in [-0.25, -0.2) is 4.79 Å².